The predicted octanol–water partition coefficient (Wildman–Crippen LogP) is 2.63. The van der Waals surface area contributed by atoms with Crippen LogP contribution in [0.4, 0.5) is 5.69 Å². The average Bonchev–Trinajstić information content (AvgIpc) is 2.22. The Balaban J connectivity index is 2.74. The van der Waals surface area contributed by atoms with E-state index in [0.717, 1.165) is 35.1 Å². The molecule has 0 radical (unpaired) electrons. The van der Waals surface area contributed by atoms with E-state index in [4.69, 9.17) is 16.3 Å². The summed E-state index contributed by atoms with van der Waals surface area (Å²) in [4.78, 5) is 2.12. The molecule has 4 heteroatoms. The van der Waals surface area contributed by atoms with Gasteiger partial charge in [-0.1, -0.05) is 11.6 Å². The molecule has 0 heterocycles. The number of hydrogen-bond donors (Lipinski definition) is 1. The minimum Gasteiger partial charge on any atom is -0.495 e. The molecular weight excluding hydrogens is 224 g/mol. The summed E-state index contributed by atoms with van der Waals surface area (Å²) in [6.07, 6.45) is 0. The van der Waals surface area contributed by atoms with Crippen LogP contribution in [0.15, 0.2) is 12.1 Å². The van der Waals surface area contributed by atoms with Gasteiger partial charge in [0.05, 0.1) is 12.8 Å². The molecule has 0 atom stereocenters. The lowest BCUT2D eigenvalue weighted by Gasteiger charge is -2.15. The monoisotopic (exact) mass is 242 g/mol. The average molecular weight is 243 g/mol. The van der Waals surface area contributed by atoms with Crippen molar-refractivity contribution < 1.29 is 4.74 Å². The van der Waals surface area contributed by atoms with Crippen molar-refractivity contribution in [3.8, 4) is 5.75 Å². The summed E-state index contributed by atoms with van der Waals surface area (Å²) in [6.45, 7) is 3.80. The van der Waals surface area contributed by atoms with E-state index in [0.29, 0.717) is 0 Å². The van der Waals surface area contributed by atoms with Gasteiger partial charge in [-0.3, -0.25) is 0 Å². The Morgan fingerprint density at radius 3 is 2.62 bits per heavy atom. The molecular formula is C12H19ClN2O. The summed E-state index contributed by atoms with van der Waals surface area (Å²) in [5.41, 5.74) is 1.97. The molecule has 16 heavy (non-hydrogen) atoms. The number of halogens is 1. The maximum atomic E-state index is 6.08. The first kappa shape index (κ1) is 13.1. The molecule has 90 valence electrons. The molecule has 0 amide bonds. The Morgan fingerprint density at radius 2 is 2.06 bits per heavy atom. The van der Waals surface area contributed by atoms with E-state index in [1.807, 2.05) is 33.2 Å². The highest BCUT2D eigenvalue weighted by atomic mass is 35.5. The predicted molar refractivity (Wildman–Crippen MR) is 69.8 cm³/mol. The van der Waals surface area contributed by atoms with Gasteiger partial charge in [0.2, 0.25) is 0 Å². The van der Waals surface area contributed by atoms with Crippen LogP contribution in [0.3, 0.4) is 0 Å². The Labute approximate surface area is 102 Å². The first-order valence-electron chi connectivity index (χ1n) is 5.27. The molecule has 0 spiro atoms. The summed E-state index contributed by atoms with van der Waals surface area (Å²) in [5.74, 6) is 0.834. The van der Waals surface area contributed by atoms with Gasteiger partial charge in [0, 0.05) is 18.1 Å². The van der Waals surface area contributed by atoms with Crippen molar-refractivity contribution in [2.45, 2.75) is 6.92 Å². The molecule has 0 unspecified atom stereocenters. The molecule has 1 aromatic carbocycles. The summed E-state index contributed by atoms with van der Waals surface area (Å²) in [7, 11) is 5.75. The third-order valence-corrected chi connectivity index (χ3v) is 2.76. The third-order valence-electron chi connectivity index (χ3n) is 2.36. The molecule has 0 fully saturated rings. The molecule has 0 saturated heterocycles. The lowest BCUT2D eigenvalue weighted by atomic mass is 10.2. The summed E-state index contributed by atoms with van der Waals surface area (Å²) < 4.78 is 5.30. The van der Waals surface area contributed by atoms with Crippen molar-refractivity contribution in [3.63, 3.8) is 0 Å². The first-order chi connectivity index (χ1) is 7.54. The molecule has 1 N–H and O–H groups in total. The van der Waals surface area contributed by atoms with E-state index < -0.39 is 0 Å². The number of ether oxygens (including phenoxy) is 1. The Kier molecular flexibility index (Phi) is 4.90. The number of benzene rings is 1. The van der Waals surface area contributed by atoms with Crippen molar-refractivity contribution in [3.05, 3.63) is 22.7 Å². The van der Waals surface area contributed by atoms with Crippen LogP contribution < -0.4 is 10.1 Å². The minimum absolute atomic E-state index is 0.758. The molecule has 0 aliphatic rings. The van der Waals surface area contributed by atoms with Crippen LogP contribution in [0.2, 0.25) is 5.02 Å². The number of anilines is 1. The second-order valence-corrected chi connectivity index (χ2v) is 4.44. The standard InChI is InChI=1S/C12H19ClN2O/c1-9-7-12(16-4)11(8-10(9)13)14-5-6-15(2)3/h7-8,14H,5-6H2,1-4H3. The van der Waals surface area contributed by atoms with Gasteiger partial charge in [0.25, 0.3) is 0 Å². The minimum atomic E-state index is 0.758. The van der Waals surface area contributed by atoms with E-state index in [-0.39, 0.29) is 0 Å². The van der Waals surface area contributed by atoms with E-state index in [1.54, 1.807) is 7.11 Å². The number of rotatable bonds is 5. The van der Waals surface area contributed by atoms with E-state index in [1.165, 1.54) is 0 Å². The number of hydrogen-bond acceptors (Lipinski definition) is 3. The molecule has 1 aromatic rings. The number of aryl methyl sites for hydroxylation is 1. The molecule has 0 saturated carbocycles. The highest BCUT2D eigenvalue weighted by Crippen LogP contribution is 2.30. The highest BCUT2D eigenvalue weighted by Gasteiger charge is 2.06. The smallest absolute Gasteiger partial charge is 0.142 e. The van der Waals surface area contributed by atoms with Crippen LogP contribution in [0.5, 0.6) is 5.75 Å². The van der Waals surface area contributed by atoms with E-state index in [9.17, 15) is 0 Å². The second kappa shape index (κ2) is 5.97. The van der Waals surface area contributed by atoms with Crippen LogP contribution >= 0.6 is 11.6 Å². The van der Waals surface area contributed by atoms with Gasteiger partial charge in [-0.05, 0) is 38.7 Å². The van der Waals surface area contributed by atoms with Crippen LogP contribution in [0.25, 0.3) is 0 Å². The van der Waals surface area contributed by atoms with Gasteiger partial charge in [-0.15, -0.1) is 0 Å². The first-order valence-corrected chi connectivity index (χ1v) is 5.65. The Morgan fingerprint density at radius 1 is 1.38 bits per heavy atom. The van der Waals surface area contributed by atoms with Crippen molar-refractivity contribution in [2.24, 2.45) is 0 Å². The van der Waals surface area contributed by atoms with Crippen molar-refractivity contribution in [2.75, 3.05) is 39.6 Å². The van der Waals surface area contributed by atoms with Crippen molar-refractivity contribution in [1.82, 2.24) is 4.90 Å². The van der Waals surface area contributed by atoms with E-state index in [2.05, 4.69) is 10.2 Å². The van der Waals surface area contributed by atoms with Gasteiger partial charge < -0.3 is 15.0 Å². The van der Waals surface area contributed by atoms with Gasteiger partial charge in [-0.25, -0.2) is 0 Å². The van der Waals surface area contributed by atoms with Crippen molar-refractivity contribution >= 4 is 17.3 Å². The zero-order chi connectivity index (χ0) is 12.1. The zero-order valence-electron chi connectivity index (χ0n) is 10.3. The molecule has 0 bridgehead atoms. The largest absolute Gasteiger partial charge is 0.495 e. The zero-order valence-corrected chi connectivity index (χ0v) is 11.1. The topological polar surface area (TPSA) is 24.5 Å². The Hall–Kier alpha value is -0.930. The number of nitrogens with one attached hydrogen (secondary N) is 1. The Bertz CT molecular complexity index is 353. The third kappa shape index (κ3) is 3.58. The quantitative estimate of drug-likeness (QED) is 0.859. The van der Waals surface area contributed by atoms with Gasteiger partial charge in [0.1, 0.15) is 5.75 Å². The van der Waals surface area contributed by atoms with Gasteiger partial charge in [-0.2, -0.15) is 0 Å². The number of methoxy groups -OCH3 is 1. The fraction of sp³-hybridized carbons (Fsp3) is 0.500. The van der Waals surface area contributed by atoms with Crippen molar-refractivity contribution in [1.29, 1.82) is 0 Å². The van der Waals surface area contributed by atoms with Crippen LogP contribution in [0, 0.1) is 6.92 Å². The lowest BCUT2D eigenvalue weighted by Crippen LogP contribution is -2.21. The van der Waals surface area contributed by atoms with Gasteiger partial charge >= 0.3 is 0 Å². The fourth-order valence-electron chi connectivity index (χ4n) is 1.38. The second-order valence-electron chi connectivity index (χ2n) is 4.03. The molecule has 0 aliphatic heterocycles. The lowest BCUT2D eigenvalue weighted by molar-refractivity contribution is 0.412. The van der Waals surface area contributed by atoms with Crippen LogP contribution in [-0.4, -0.2) is 39.2 Å². The number of likely N-dealkylation sites (N-methyl/N-ethyl adjacent to an activating group) is 1. The van der Waals surface area contributed by atoms with E-state index >= 15 is 0 Å². The fourth-order valence-corrected chi connectivity index (χ4v) is 1.54. The molecule has 0 aliphatic carbocycles. The summed E-state index contributed by atoms with van der Waals surface area (Å²) in [6, 6.07) is 3.85. The number of nitrogens with zero attached hydrogens (tertiary/aromatic N) is 1. The normalized spacial score (nSPS) is 10.6. The molecule has 0 aromatic heterocycles. The summed E-state index contributed by atoms with van der Waals surface area (Å²) >= 11 is 6.08. The maximum absolute atomic E-state index is 6.08. The highest BCUT2D eigenvalue weighted by molar-refractivity contribution is 6.31. The van der Waals surface area contributed by atoms with Gasteiger partial charge in [0.15, 0.2) is 0 Å². The molecule has 3 nitrogen and oxygen atoms in total. The molecule has 1 rings (SSSR count). The van der Waals surface area contributed by atoms with Crippen LogP contribution in [-0.2, 0) is 0 Å². The maximum Gasteiger partial charge on any atom is 0.142 e. The SMILES string of the molecule is COc1cc(C)c(Cl)cc1NCCN(C)C. The summed E-state index contributed by atoms with van der Waals surface area (Å²) in [5, 5.41) is 4.07. The van der Waals surface area contributed by atoms with Crippen LogP contribution in [0.1, 0.15) is 5.56 Å².